The molecule has 0 unspecified atom stereocenters. The number of hydrogen-bond acceptors (Lipinski definition) is 7. The average Bonchev–Trinajstić information content (AvgIpc) is 3.39. The van der Waals surface area contributed by atoms with Crippen LogP contribution in [-0.2, 0) is 20.7 Å². The number of fused-ring (bicyclic) bond motifs is 1. The monoisotopic (exact) mass is 413 g/mol. The van der Waals surface area contributed by atoms with Gasteiger partial charge in [-0.1, -0.05) is 18.2 Å². The number of Topliss-reactive ketones (excluding diaryl/α,β-unsaturated/α-hetero) is 1. The van der Waals surface area contributed by atoms with Crippen LogP contribution in [0.4, 0.5) is 0 Å². The summed E-state index contributed by atoms with van der Waals surface area (Å²) in [6, 6.07) is 12.2. The van der Waals surface area contributed by atoms with Crippen LogP contribution in [0, 0.1) is 0 Å². The lowest BCUT2D eigenvalue weighted by atomic mass is 10.2. The van der Waals surface area contributed by atoms with Gasteiger partial charge in [0.1, 0.15) is 5.58 Å². The van der Waals surface area contributed by atoms with Gasteiger partial charge in [0.05, 0.1) is 24.5 Å². The topological polar surface area (TPSA) is 86.1 Å². The molecule has 3 heterocycles. The molecule has 1 aromatic carbocycles. The smallest absolute Gasteiger partial charge is 0.374 e. The summed E-state index contributed by atoms with van der Waals surface area (Å²) in [7, 11) is 0. The van der Waals surface area contributed by atoms with Crippen LogP contribution in [-0.4, -0.2) is 55.5 Å². The van der Waals surface area contributed by atoms with Gasteiger partial charge in [-0.05, 0) is 24.3 Å². The fourth-order valence-electron chi connectivity index (χ4n) is 3.05. The van der Waals surface area contributed by atoms with Crippen molar-refractivity contribution in [3.8, 4) is 0 Å². The minimum atomic E-state index is -0.686. The van der Waals surface area contributed by atoms with Crippen molar-refractivity contribution in [2.75, 3.05) is 32.9 Å². The zero-order valence-corrected chi connectivity index (χ0v) is 16.4. The maximum atomic E-state index is 12.3. The van der Waals surface area contributed by atoms with Crippen LogP contribution in [0.5, 0.6) is 0 Å². The van der Waals surface area contributed by atoms with E-state index in [1.165, 1.54) is 11.3 Å². The zero-order chi connectivity index (χ0) is 20.2. The van der Waals surface area contributed by atoms with E-state index in [1.54, 1.807) is 29.2 Å². The maximum Gasteiger partial charge on any atom is 0.374 e. The number of nitrogens with zero attached hydrogens (tertiary/aromatic N) is 1. The van der Waals surface area contributed by atoms with Gasteiger partial charge in [0.2, 0.25) is 17.5 Å². The van der Waals surface area contributed by atoms with Crippen LogP contribution < -0.4 is 0 Å². The summed E-state index contributed by atoms with van der Waals surface area (Å²) in [6.45, 7) is 1.90. The SMILES string of the molecule is O=C(OCC(=O)c1ccc(CC(=O)N2CCOCC2)s1)c1cc2ccccc2o1. The third-order valence-electron chi connectivity index (χ3n) is 4.59. The van der Waals surface area contributed by atoms with Gasteiger partial charge in [0, 0.05) is 23.4 Å². The second-order valence-corrected chi connectivity index (χ2v) is 7.75. The lowest BCUT2D eigenvalue weighted by Crippen LogP contribution is -2.41. The van der Waals surface area contributed by atoms with Gasteiger partial charge in [-0.15, -0.1) is 11.3 Å². The first-order valence-electron chi connectivity index (χ1n) is 9.23. The normalized spacial score (nSPS) is 14.1. The van der Waals surface area contributed by atoms with Gasteiger partial charge in [0.15, 0.2) is 6.61 Å². The number of thiophene rings is 1. The van der Waals surface area contributed by atoms with Crippen molar-refractivity contribution in [2.24, 2.45) is 0 Å². The third kappa shape index (κ3) is 4.55. The largest absolute Gasteiger partial charge is 0.451 e. The second-order valence-electron chi connectivity index (χ2n) is 6.58. The molecule has 8 heteroatoms. The first-order valence-corrected chi connectivity index (χ1v) is 10.0. The highest BCUT2D eigenvalue weighted by Gasteiger charge is 2.20. The Labute approximate surface area is 170 Å². The summed E-state index contributed by atoms with van der Waals surface area (Å²) in [5.74, 6) is -0.925. The minimum Gasteiger partial charge on any atom is -0.451 e. The molecule has 0 atom stereocenters. The molecule has 2 aromatic heterocycles. The third-order valence-corrected chi connectivity index (χ3v) is 5.71. The molecule has 1 aliphatic rings. The van der Waals surface area contributed by atoms with Gasteiger partial charge in [-0.3, -0.25) is 9.59 Å². The Morgan fingerprint density at radius 1 is 1.07 bits per heavy atom. The molecule has 0 N–H and O–H groups in total. The fourth-order valence-corrected chi connectivity index (χ4v) is 3.98. The highest BCUT2D eigenvalue weighted by Crippen LogP contribution is 2.21. The van der Waals surface area contributed by atoms with Crippen molar-refractivity contribution in [3.05, 3.63) is 58.0 Å². The fraction of sp³-hybridized carbons (Fsp3) is 0.286. The highest BCUT2D eigenvalue weighted by atomic mass is 32.1. The molecule has 0 aliphatic carbocycles. The van der Waals surface area contributed by atoms with Crippen LogP contribution in [0.1, 0.15) is 25.1 Å². The molecule has 1 aliphatic heterocycles. The number of morpholine rings is 1. The molecule has 0 bridgehead atoms. The molecule has 150 valence electrons. The van der Waals surface area contributed by atoms with E-state index in [2.05, 4.69) is 0 Å². The molecule has 1 fully saturated rings. The summed E-state index contributed by atoms with van der Waals surface area (Å²) in [5.41, 5.74) is 0.582. The molecule has 4 rings (SSSR count). The second kappa shape index (κ2) is 8.59. The molecule has 0 saturated carbocycles. The van der Waals surface area contributed by atoms with E-state index in [-0.39, 0.29) is 30.5 Å². The standard InChI is InChI=1S/C21H19NO6S/c23-16(13-27-21(25)18-11-14-3-1-2-4-17(14)28-18)19-6-5-15(29-19)12-20(24)22-7-9-26-10-8-22/h1-6,11H,7-10,12-13H2. The number of benzene rings is 1. The lowest BCUT2D eigenvalue weighted by molar-refractivity contribution is -0.134. The van der Waals surface area contributed by atoms with Crippen LogP contribution in [0.25, 0.3) is 11.0 Å². The van der Waals surface area contributed by atoms with Gasteiger partial charge in [-0.2, -0.15) is 0 Å². The molecular weight excluding hydrogens is 394 g/mol. The van der Waals surface area contributed by atoms with E-state index < -0.39 is 5.97 Å². The number of carbonyl (C=O) groups excluding carboxylic acids is 3. The van der Waals surface area contributed by atoms with E-state index >= 15 is 0 Å². The molecule has 0 spiro atoms. The van der Waals surface area contributed by atoms with E-state index in [9.17, 15) is 14.4 Å². The Morgan fingerprint density at radius 2 is 1.86 bits per heavy atom. The Morgan fingerprint density at radius 3 is 2.66 bits per heavy atom. The number of ketones is 1. The predicted molar refractivity (Wildman–Crippen MR) is 106 cm³/mol. The van der Waals surface area contributed by atoms with Crippen molar-refractivity contribution < 1.29 is 28.3 Å². The summed E-state index contributed by atoms with van der Waals surface area (Å²) in [6.07, 6.45) is 0.247. The van der Waals surface area contributed by atoms with Crippen molar-refractivity contribution >= 4 is 40.0 Å². The van der Waals surface area contributed by atoms with Crippen molar-refractivity contribution in [2.45, 2.75) is 6.42 Å². The molecule has 0 radical (unpaired) electrons. The minimum absolute atomic E-state index is 0.0189. The Kier molecular flexibility index (Phi) is 5.73. The number of hydrogen-bond donors (Lipinski definition) is 0. The number of carbonyl (C=O) groups is 3. The van der Waals surface area contributed by atoms with Gasteiger partial charge < -0.3 is 18.8 Å². The molecule has 1 saturated heterocycles. The highest BCUT2D eigenvalue weighted by molar-refractivity contribution is 7.14. The van der Waals surface area contributed by atoms with Crippen LogP contribution in [0.15, 0.2) is 46.9 Å². The van der Waals surface area contributed by atoms with E-state index in [0.717, 1.165) is 10.3 Å². The van der Waals surface area contributed by atoms with Crippen LogP contribution in [0.3, 0.4) is 0 Å². The Hall–Kier alpha value is -2.97. The molecule has 29 heavy (non-hydrogen) atoms. The average molecular weight is 413 g/mol. The molecular formula is C21H19NO6S. The first kappa shape index (κ1) is 19.4. The zero-order valence-electron chi connectivity index (χ0n) is 15.6. The summed E-state index contributed by atoms with van der Waals surface area (Å²) < 4.78 is 15.8. The predicted octanol–water partition coefficient (Wildman–Crippen LogP) is 2.94. The lowest BCUT2D eigenvalue weighted by Gasteiger charge is -2.26. The number of amides is 1. The Bertz CT molecular complexity index is 1010. The first-order chi connectivity index (χ1) is 14.1. The van der Waals surface area contributed by atoms with E-state index in [4.69, 9.17) is 13.9 Å². The molecule has 3 aromatic rings. The number of furan rings is 1. The van der Waals surface area contributed by atoms with Crippen LogP contribution in [0.2, 0.25) is 0 Å². The maximum absolute atomic E-state index is 12.3. The van der Waals surface area contributed by atoms with Crippen molar-refractivity contribution in [1.29, 1.82) is 0 Å². The van der Waals surface area contributed by atoms with E-state index in [1.807, 2.05) is 18.2 Å². The van der Waals surface area contributed by atoms with Gasteiger partial charge in [-0.25, -0.2) is 4.79 Å². The molecule has 1 amide bonds. The summed E-state index contributed by atoms with van der Waals surface area (Å²) in [5, 5.41) is 0.790. The summed E-state index contributed by atoms with van der Waals surface area (Å²) >= 11 is 1.24. The summed E-state index contributed by atoms with van der Waals surface area (Å²) in [4.78, 5) is 39.8. The number of para-hydroxylation sites is 1. The van der Waals surface area contributed by atoms with Crippen molar-refractivity contribution in [3.63, 3.8) is 0 Å². The molecule has 7 nitrogen and oxygen atoms in total. The van der Waals surface area contributed by atoms with Crippen molar-refractivity contribution in [1.82, 2.24) is 4.90 Å². The quantitative estimate of drug-likeness (QED) is 0.456. The number of rotatable bonds is 6. The van der Waals surface area contributed by atoms with Crippen LogP contribution >= 0.6 is 11.3 Å². The van der Waals surface area contributed by atoms with Gasteiger partial charge >= 0.3 is 5.97 Å². The number of ether oxygens (including phenoxy) is 2. The van der Waals surface area contributed by atoms with Gasteiger partial charge in [0.25, 0.3) is 0 Å². The van der Waals surface area contributed by atoms with E-state index in [0.29, 0.717) is 36.8 Å². The Balaban J connectivity index is 1.31. The number of esters is 1.